The minimum absolute atomic E-state index is 0.236. The van der Waals surface area contributed by atoms with Crippen molar-refractivity contribution in [3.05, 3.63) is 53.3 Å². The summed E-state index contributed by atoms with van der Waals surface area (Å²) < 4.78 is 30.1. The molecular weight excluding hydrogens is 377 g/mol. The predicted molar refractivity (Wildman–Crippen MR) is 106 cm³/mol. The third kappa shape index (κ3) is 4.45. The minimum Gasteiger partial charge on any atom is -0.496 e. The van der Waals surface area contributed by atoms with E-state index in [-0.39, 0.29) is 17.8 Å². The van der Waals surface area contributed by atoms with Crippen LogP contribution >= 0.6 is 0 Å². The number of halogens is 1. The molecule has 1 N–H and O–H groups in total. The van der Waals surface area contributed by atoms with E-state index in [9.17, 15) is 14.3 Å². The molecule has 0 radical (unpaired) electrons. The van der Waals surface area contributed by atoms with Gasteiger partial charge in [0.25, 0.3) is 0 Å². The zero-order valence-electron chi connectivity index (χ0n) is 16.9. The molecule has 1 unspecified atom stereocenters. The van der Waals surface area contributed by atoms with Gasteiger partial charge in [-0.05, 0) is 49.7 Å². The van der Waals surface area contributed by atoms with Gasteiger partial charge in [0.15, 0.2) is 11.5 Å². The normalized spacial score (nSPS) is 16.3. The molecule has 0 aromatic heterocycles. The molecule has 0 bridgehead atoms. The SMILES string of the molecule is COc1cc(OC)c(C(c2ccc(F)cc2)N2CCC(C(=O)O)CC2)cc1OC. The van der Waals surface area contributed by atoms with Crippen molar-refractivity contribution in [2.75, 3.05) is 34.4 Å². The number of hydrogen-bond acceptors (Lipinski definition) is 5. The van der Waals surface area contributed by atoms with E-state index < -0.39 is 5.97 Å². The van der Waals surface area contributed by atoms with Gasteiger partial charge in [0.05, 0.1) is 33.3 Å². The molecule has 0 aliphatic carbocycles. The third-order valence-electron chi connectivity index (χ3n) is 5.46. The summed E-state index contributed by atoms with van der Waals surface area (Å²) in [6, 6.07) is 9.77. The zero-order chi connectivity index (χ0) is 21.0. The van der Waals surface area contributed by atoms with Crippen molar-refractivity contribution in [3.63, 3.8) is 0 Å². The van der Waals surface area contributed by atoms with Crippen molar-refractivity contribution in [1.29, 1.82) is 0 Å². The number of methoxy groups -OCH3 is 3. The Bertz CT molecular complexity index is 847. The van der Waals surface area contributed by atoms with Gasteiger partial charge in [-0.25, -0.2) is 4.39 Å². The van der Waals surface area contributed by atoms with Crippen LogP contribution in [0.5, 0.6) is 17.2 Å². The Morgan fingerprint density at radius 1 is 1.00 bits per heavy atom. The number of piperidine rings is 1. The largest absolute Gasteiger partial charge is 0.496 e. The smallest absolute Gasteiger partial charge is 0.306 e. The average Bonchev–Trinajstić information content (AvgIpc) is 2.75. The summed E-state index contributed by atoms with van der Waals surface area (Å²) in [5.41, 5.74) is 1.75. The summed E-state index contributed by atoms with van der Waals surface area (Å²) in [5, 5.41) is 9.33. The minimum atomic E-state index is -0.758. The number of nitrogens with zero attached hydrogens (tertiary/aromatic N) is 1. The van der Waals surface area contributed by atoms with Gasteiger partial charge in [0, 0.05) is 11.6 Å². The van der Waals surface area contributed by atoms with Crippen LogP contribution in [-0.4, -0.2) is 50.4 Å². The maximum absolute atomic E-state index is 13.6. The lowest BCUT2D eigenvalue weighted by Gasteiger charge is -2.37. The van der Waals surface area contributed by atoms with Crippen LogP contribution in [0.1, 0.15) is 30.0 Å². The first kappa shape index (κ1) is 20.9. The van der Waals surface area contributed by atoms with Gasteiger partial charge in [0.2, 0.25) is 0 Å². The molecule has 1 atom stereocenters. The highest BCUT2D eigenvalue weighted by Gasteiger charge is 2.32. The quantitative estimate of drug-likeness (QED) is 0.760. The highest BCUT2D eigenvalue weighted by atomic mass is 19.1. The molecule has 0 spiro atoms. The Labute approximate surface area is 169 Å². The van der Waals surface area contributed by atoms with Crippen LogP contribution in [0, 0.1) is 11.7 Å². The first-order chi connectivity index (χ1) is 14.0. The van der Waals surface area contributed by atoms with Gasteiger partial charge in [-0.15, -0.1) is 0 Å². The van der Waals surface area contributed by atoms with Crippen molar-refractivity contribution < 1.29 is 28.5 Å². The highest BCUT2D eigenvalue weighted by Crippen LogP contribution is 2.42. The average molecular weight is 403 g/mol. The van der Waals surface area contributed by atoms with Crippen molar-refractivity contribution in [2.45, 2.75) is 18.9 Å². The molecule has 156 valence electrons. The summed E-state index contributed by atoms with van der Waals surface area (Å²) in [6.45, 7) is 1.22. The van der Waals surface area contributed by atoms with Crippen LogP contribution in [0.2, 0.25) is 0 Å². The Hall–Kier alpha value is -2.80. The molecule has 1 fully saturated rings. The van der Waals surface area contributed by atoms with Crippen molar-refractivity contribution in [1.82, 2.24) is 4.90 Å². The number of aliphatic carboxylic acids is 1. The van der Waals surface area contributed by atoms with E-state index in [4.69, 9.17) is 14.2 Å². The van der Waals surface area contributed by atoms with E-state index >= 15 is 0 Å². The number of hydrogen-bond donors (Lipinski definition) is 1. The van der Waals surface area contributed by atoms with Gasteiger partial charge in [0.1, 0.15) is 11.6 Å². The summed E-state index contributed by atoms with van der Waals surface area (Å²) >= 11 is 0. The number of benzene rings is 2. The Balaban J connectivity index is 2.06. The summed E-state index contributed by atoms with van der Waals surface area (Å²) in [6.07, 6.45) is 1.12. The number of carboxylic acids is 1. The van der Waals surface area contributed by atoms with E-state index in [1.54, 1.807) is 39.5 Å². The number of carboxylic acid groups (broad SMARTS) is 1. The van der Waals surface area contributed by atoms with Crippen molar-refractivity contribution in [2.24, 2.45) is 5.92 Å². The zero-order valence-corrected chi connectivity index (χ0v) is 16.9. The maximum atomic E-state index is 13.6. The summed E-state index contributed by atoms with van der Waals surface area (Å²) in [7, 11) is 4.72. The van der Waals surface area contributed by atoms with Gasteiger partial charge in [-0.1, -0.05) is 12.1 Å². The first-order valence-electron chi connectivity index (χ1n) is 9.50. The van der Waals surface area contributed by atoms with Crippen LogP contribution in [0.3, 0.4) is 0 Å². The van der Waals surface area contributed by atoms with Crippen LogP contribution in [-0.2, 0) is 4.79 Å². The Morgan fingerprint density at radius 2 is 1.55 bits per heavy atom. The van der Waals surface area contributed by atoms with E-state index in [0.717, 1.165) is 11.1 Å². The fourth-order valence-electron chi connectivity index (χ4n) is 3.90. The van der Waals surface area contributed by atoms with E-state index in [2.05, 4.69) is 4.90 Å². The van der Waals surface area contributed by atoms with Crippen LogP contribution < -0.4 is 14.2 Å². The molecule has 2 aromatic rings. The monoisotopic (exact) mass is 403 g/mol. The molecular formula is C22H26FNO5. The lowest BCUT2D eigenvalue weighted by molar-refractivity contribution is -0.143. The van der Waals surface area contributed by atoms with Crippen LogP contribution in [0.4, 0.5) is 4.39 Å². The van der Waals surface area contributed by atoms with E-state index in [0.29, 0.717) is 43.2 Å². The maximum Gasteiger partial charge on any atom is 0.306 e. The molecule has 6 nitrogen and oxygen atoms in total. The predicted octanol–water partition coefficient (Wildman–Crippen LogP) is 3.74. The Kier molecular flexibility index (Phi) is 6.59. The second kappa shape index (κ2) is 9.13. The van der Waals surface area contributed by atoms with Crippen LogP contribution in [0.25, 0.3) is 0 Å². The fourth-order valence-corrected chi connectivity index (χ4v) is 3.90. The molecule has 3 rings (SSSR count). The molecule has 0 amide bonds. The molecule has 29 heavy (non-hydrogen) atoms. The standard InChI is InChI=1S/C22H26FNO5/c1-27-18-13-20(29-3)19(28-2)12-17(18)21(14-4-6-16(23)7-5-14)24-10-8-15(9-11-24)22(25)26/h4-7,12-13,15,21H,8-11H2,1-3H3,(H,25,26). The molecule has 1 aliphatic rings. The lowest BCUT2D eigenvalue weighted by atomic mass is 9.90. The van der Waals surface area contributed by atoms with Crippen molar-refractivity contribution in [3.8, 4) is 17.2 Å². The van der Waals surface area contributed by atoms with Gasteiger partial charge in [-0.3, -0.25) is 9.69 Å². The van der Waals surface area contributed by atoms with Gasteiger partial charge in [-0.2, -0.15) is 0 Å². The summed E-state index contributed by atoms with van der Waals surface area (Å²) in [4.78, 5) is 13.6. The molecule has 1 saturated heterocycles. The molecule has 1 aliphatic heterocycles. The molecule has 0 saturated carbocycles. The second-order valence-corrected chi connectivity index (χ2v) is 7.05. The van der Waals surface area contributed by atoms with E-state index in [1.807, 2.05) is 6.07 Å². The van der Waals surface area contributed by atoms with Crippen molar-refractivity contribution >= 4 is 5.97 Å². The van der Waals surface area contributed by atoms with Gasteiger partial charge >= 0.3 is 5.97 Å². The third-order valence-corrected chi connectivity index (χ3v) is 5.46. The fraction of sp³-hybridized carbons (Fsp3) is 0.409. The number of likely N-dealkylation sites (tertiary alicyclic amines) is 1. The summed E-state index contributed by atoms with van der Waals surface area (Å²) in [5.74, 6) is 0.333. The first-order valence-corrected chi connectivity index (χ1v) is 9.50. The highest BCUT2D eigenvalue weighted by molar-refractivity contribution is 5.70. The molecule has 7 heteroatoms. The number of ether oxygens (including phenoxy) is 3. The van der Waals surface area contributed by atoms with Crippen LogP contribution in [0.15, 0.2) is 36.4 Å². The number of carbonyl (C=O) groups is 1. The Morgan fingerprint density at radius 3 is 2.07 bits per heavy atom. The topological polar surface area (TPSA) is 68.2 Å². The lowest BCUT2D eigenvalue weighted by Crippen LogP contribution is -2.39. The number of rotatable bonds is 7. The van der Waals surface area contributed by atoms with E-state index in [1.165, 1.54) is 12.1 Å². The van der Waals surface area contributed by atoms with Gasteiger partial charge < -0.3 is 19.3 Å². The second-order valence-electron chi connectivity index (χ2n) is 7.05. The molecule has 1 heterocycles. The molecule has 2 aromatic carbocycles.